The summed E-state index contributed by atoms with van der Waals surface area (Å²) in [5.41, 5.74) is 0.1000. The van der Waals surface area contributed by atoms with E-state index in [9.17, 15) is 13.2 Å². The zero-order valence-electron chi connectivity index (χ0n) is 8.15. The number of carboxylic acids is 1. The molecule has 0 unspecified atom stereocenters. The molecule has 0 atom stereocenters. The predicted octanol–water partition coefficient (Wildman–Crippen LogP) is -0.169. The first kappa shape index (κ1) is 10.6. The predicted molar refractivity (Wildman–Crippen MR) is 53.1 cm³/mol. The molecule has 0 aliphatic carbocycles. The van der Waals surface area contributed by atoms with Crippen LogP contribution >= 0.6 is 0 Å². The van der Waals surface area contributed by atoms with Crippen LogP contribution in [0.4, 0.5) is 0 Å². The highest BCUT2D eigenvalue weighted by molar-refractivity contribution is 7.90. The molecule has 0 saturated heterocycles. The van der Waals surface area contributed by atoms with Crippen LogP contribution in [0.2, 0.25) is 0 Å². The van der Waals surface area contributed by atoms with Crippen LogP contribution in [-0.4, -0.2) is 40.3 Å². The Labute approximate surface area is 90.3 Å². The van der Waals surface area contributed by atoms with E-state index in [-0.39, 0.29) is 16.2 Å². The Morgan fingerprint density at radius 1 is 1.50 bits per heavy atom. The van der Waals surface area contributed by atoms with Gasteiger partial charge in [0.1, 0.15) is 4.90 Å². The van der Waals surface area contributed by atoms with E-state index in [1.807, 2.05) is 0 Å². The lowest BCUT2D eigenvalue weighted by molar-refractivity contribution is 0.0690. The molecule has 0 aliphatic rings. The third kappa shape index (κ3) is 1.74. The number of nitrogens with zero attached hydrogens (tertiary/aromatic N) is 3. The molecule has 0 bridgehead atoms. The topological polar surface area (TPSA) is 102 Å². The lowest BCUT2D eigenvalue weighted by Crippen LogP contribution is -2.02. The summed E-state index contributed by atoms with van der Waals surface area (Å²) >= 11 is 0. The van der Waals surface area contributed by atoms with Crippen molar-refractivity contribution >= 4 is 21.5 Å². The van der Waals surface area contributed by atoms with E-state index in [2.05, 4.69) is 10.1 Å². The summed E-state index contributed by atoms with van der Waals surface area (Å²) < 4.78 is 23.6. The van der Waals surface area contributed by atoms with Gasteiger partial charge in [0.15, 0.2) is 21.2 Å². The number of aromatic nitrogens is 3. The highest BCUT2D eigenvalue weighted by Crippen LogP contribution is 2.09. The molecule has 8 heteroatoms. The number of aromatic carboxylic acids is 1. The second-order valence-corrected chi connectivity index (χ2v) is 5.22. The van der Waals surface area contributed by atoms with E-state index in [1.165, 1.54) is 12.3 Å². The number of carbonyl (C=O) groups is 1. The Kier molecular flexibility index (Phi) is 2.16. The maximum absolute atomic E-state index is 11.2. The maximum atomic E-state index is 11.2. The van der Waals surface area contributed by atoms with Gasteiger partial charge < -0.3 is 5.11 Å². The fourth-order valence-electron chi connectivity index (χ4n) is 1.16. The number of hydrogen-bond donors (Lipinski definition) is 1. The summed E-state index contributed by atoms with van der Waals surface area (Å²) in [6.07, 6.45) is 3.43. The van der Waals surface area contributed by atoms with Crippen LogP contribution in [0.5, 0.6) is 0 Å². The maximum Gasteiger partial charge on any atom is 0.356 e. The highest BCUT2D eigenvalue weighted by atomic mass is 32.2. The van der Waals surface area contributed by atoms with Gasteiger partial charge in [-0.3, -0.25) is 0 Å². The molecule has 0 aliphatic heterocycles. The Morgan fingerprint density at radius 3 is 2.75 bits per heavy atom. The van der Waals surface area contributed by atoms with Gasteiger partial charge in [-0.2, -0.15) is 5.10 Å². The van der Waals surface area contributed by atoms with Crippen molar-refractivity contribution in [3.05, 3.63) is 24.2 Å². The summed E-state index contributed by atoms with van der Waals surface area (Å²) in [6.45, 7) is 0. The van der Waals surface area contributed by atoms with E-state index in [4.69, 9.17) is 5.11 Å². The van der Waals surface area contributed by atoms with Crippen LogP contribution in [0.15, 0.2) is 23.4 Å². The van der Waals surface area contributed by atoms with E-state index in [1.54, 1.807) is 0 Å². The Balaban J connectivity index is 2.67. The lowest BCUT2D eigenvalue weighted by Gasteiger charge is -1.97. The molecule has 0 saturated carbocycles. The van der Waals surface area contributed by atoms with E-state index in [0.29, 0.717) is 0 Å². The van der Waals surface area contributed by atoms with Crippen molar-refractivity contribution in [3.8, 4) is 0 Å². The molecular formula is C8H7N3O4S. The Morgan fingerprint density at radius 2 is 2.19 bits per heavy atom. The largest absolute Gasteiger partial charge is 0.476 e. The van der Waals surface area contributed by atoms with Crippen LogP contribution in [0, 0.1) is 0 Å². The fraction of sp³-hybridized carbons (Fsp3) is 0.125. The Hall–Kier alpha value is -1.96. The first-order valence-corrected chi connectivity index (χ1v) is 6.06. The van der Waals surface area contributed by atoms with Gasteiger partial charge in [0.2, 0.25) is 0 Å². The van der Waals surface area contributed by atoms with Crippen LogP contribution in [-0.2, 0) is 9.84 Å². The number of fused-ring (bicyclic) bond motifs is 1. The minimum absolute atomic E-state index is 0.0139. The molecule has 2 aromatic rings. The molecule has 16 heavy (non-hydrogen) atoms. The van der Waals surface area contributed by atoms with Crippen LogP contribution in [0.1, 0.15) is 10.5 Å². The molecule has 0 radical (unpaired) electrons. The van der Waals surface area contributed by atoms with Gasteiger partial charge in [-0.15, -0.1) is 0 Å². The number of sulfone groups is 1. The molecule has 0 aromatic carbocycles. The second kappa shape index (κ2) is 3.27. The molecule has 7 nitrogen and oxygen atoms in total. The van der Waals surface area contributed by atoms with E-state index >= 15 is 0 Å². The first-order valence-electron chi connectivity index (χ1n) is 4.17. The quantitative estimate of drug-likeness (QED) is 0.783. The van der Waals surface area contributed by atoms with Crippen molar-refractivity contribution < 1.29 is 18.3 Å². The average molecular weight is 241 g/mol. The molecule has 84 valence electrons. The molecule has 1 N–H and O–H groups in total. The van der Waals surface area contributed by atoms with Crippen molar-refractivity contribution in [2.75, 3.05) is 6.26 Å². The second-order valence-electron chi connectivity index (χ2n) is 3.20. The third-order valence-corrected chi connectivity index (χ3v) is 3.00. The van der Waals surface area contributed by atoms with Crippen molar-refractivity contribution in [2.45, 2.75) is 4.90 Å². The molecule has 0 fully saturated rings. The van der Waals surface area contributed by atoms with E-state index in [0.717, 1.165) is 17.0 Å². The number of hydrogen-bond acceptors (Lipinski definition) is 5. The van der Waals surface area contributed by atoms with Gasteiger partial charge in [0.05, 0.1) is 6.20 Å². The molecule has 2 heterocycles. The molecule has 0 spiro atoms. The zero-order chi connectivity index (χ0) is 11.9. The monoisotopic (exact) mass is 241 g/mol. The van der Waals surface area contributed by atoms with Gasteiger partial charge in [-0.05, 0) is 0 Å². The molecule has 2 aromatic heterocycles. The van der Waals surface area contributed by atoms with Crippen molar-refractivity contribution in [1.29, 1.82) is 0 Å². The van der Waals surface area contributed by atoms with Gasteiger partial charge in [0, 0.05) is 18.5 Å². The summed E-state index contributed by atoms with van der Waals surface area (Å²) in [5.74, 6) is -1.19. The van der Waals surface area contributed by atoms with Gasteiger partial charge in [0.25, 0.3) is 0 Å². The van der Waals surface area contributed by atoms with Crippen molar-refractivity contribution in [2.24, 2.45) is 0 Å². The van der Waals surface area contributed by atoms with E-state index < -0.39 is 15.8 Å². The summed E-state index contributed by atoms with van der Waals surface area (Å²) in [4.78, 5) is 14.4. The fourth-order valence-corrected chi connectivity index (χ4v) is 1.69. The smallest absolute Gasteiger partial charge is 0.356 e. The van der Waals surface area contributed by atoms with Gasteiger partial charge in [-0.1, -0.05) is 0 Å². The van der Waals surface area contributed by atoms with Gasteiger partial charge >= 0.3 is 5.97 Å². The van der Waals surface area contributed by atoms with Crippen LogP contribution < -0.4 is 0 Å². The Bertz CT molecular complexity index is 674. The molecule has 2 rings (SSSR count). The minimum atomic E-state index is -3.38. The average Bonchev–Trinajstić information content (AvgIpc) is 2.58. The van der Waals surface area contributed by atoms with Crippen molar-refractivity contribution in [1.82, 2.24) is 14.6 Å². The number of carboxylic acid groups (broad SMARTS) is 1. The third-order valence-electron chi connectivity index (χ3n) is 1.94. The standard InChI is InChI=1S/C8H7N3O4S/c1-16(14,15)5-3-9-7-2-6(8(12)13)10-11(7)4-5/h2-4H,1H3,(H,12,13). The van der Waals surface area contributed by atoms with Crippen molar-refractivity contribution in [3.63, 3.8) is 0 Å². The minimum Gasteiger partial charge on any atom is -0.476 e. The highest BCUT2D eigenvalue weighted by Gasteiger charge is 2.13. The SMILES string of the molecule is CS(=O)(=O)c1cnc2cc(C(=O)O)nn2c1. The first-order chi connectivity index (χ1) is 7.38. The summed E-state index contributed by atoms with van der Waals surface area (Å²) in [6, 6.07) is 1.26. The zero-order valence-corrected chi connectivity index (χ0v) is 8.97. The molecule has 0 amide bonds. The summed E-state index contributed by atoms with van der Waals surface area (Å²) in [5, 5.41) is 12.4. The normalized spacial score (nSPS) is 11.8. The van der Waals surface area contributed by atoms with Crippen LogP contribution in [0.3, 0.4) is 0 Å². The van der Waals surface area contributed by atoms with Crippen LogP contribution in [0.25, 0.3) is 5.65 Å². The summed E-state index contributed by atoms with van der Waals surface area (Å²) in [7, 11) is -3.38. The lowest BCUT2D eigenvalue weighted by atomic mass is 10.4. The van der Waals surface area contributed by atoms with Gasteiger partial charge in [-0.25, -0.2) is 22.7 Å². The number of rotatable bonds is 2. The molecular weight excluding hydrogens is 234 g/mol.